The van der Waals surface area contributed by atoms with Crippen molar-refractivity contribution >= 4 is 11.7 Å². The molecule has 0 saturated heterocycles. The second-order valence-corrected chi connectivity index (χ2v) is 3.54. The van der Waals surface area contributed by atoms with Crippen LogP contribution in [-0.4, -0.2) is 36.2 Å². The molecule has 0 fully saturated rings. The Morgan fingerprint density at radius 2 is 1.93 bits per heavy atom. The molecule has 0 aliphatic carbocycles. The highest BCUT2D eigenvalue weighted by Gasteiger charge is 2.17. The van der Waals surface area contributed by atoms with Gasteiger partial charge in [-0.15, -0.1) is 0 Å². The third-order valence-corrected chi connectivity index (χ3v) is 2.27. The third-order valence-electron chi connectivity index (χ3n) is 2.27. The lowest BCUT2D eigenvalue weighted by Gasteiger charge is -2.22. The van der Waals surface area contributed by atoms with Gasteiger partial charge in [-0.25, -0.2) is 0 Å². The van der Waals surface area contributed by atoms with Crippen molar-refractivity contribution in [2.45, 2.75) is 27.2 Å². The molecule has 1 atom stereocenters. The van der Waals surface area contributed by atoms with E-state index in [0.29, 0.717) is 13.1 Å². The number of Topliss-reactive ketones (excluding diaryl/α,β-unsaturated/α-hetero) is 1. The van der Waals surface area contributed by atoms with Gasteiger partial charge in [0.05, 0.1) is 12.5 Å². The van der Waals surface area contributed by atoms with Crippen molar-refractivity contribution in [3.63, 3.8) is 0 Å². The number of likely N-dealkylation sites (N-methyl/N-ethyl adjacent to an activating group) is 1. The van der Waals surface area contributed by atoms with Gasteiger partial charge in [0.25, 0.3) is 0 Å². The third kappa shape index (κ3) is 4.97. The number of amides is 1. The lowest BCUT2D eigenvalue weighted by molar-refractivity contribution is -0.124. The normalized spacial score (nSPS) is 12.9. The van der Waals surface area contributed by atoms with Crippen LogP contribution in [0.3, 0.4) is 0 Å². The minimum atomic E-state index is -0.283. The Bertz CT molecular complexity index is 204. The average Bonchev–Trinajstić information content (AvgIpc) is 2.10. The van der Waals surface area contributed by atoms with Crippen LogP contribution in [0, 0.1) is 5.92 Å². The van der Waals surface area contributed by atoms with Gasteiger partial charge in [0.1, 0.15) is 5.78 Å². The second-order valence-electron chi connectivity index (χ2n) is 3.54. The predicted octanol–water partition coefficient (Wildman–Crippen LogP) is 0.409. The maximum absolute atomic E-state index is 11.0. The van der Waals surface area contributed by atoms with Crippen LogP contribution in [0.15, 0.2) is 0 Å². The summed E-state index contributed by atoms with van der Waals surface area (Å²) < 4.78 is 0. The monoisotopic (exact) mass is 200 g/mol. The number of nitrogens with two attached hydrogens (primary N) is 1. The highest BCUT2D eigenvalue weighted by molar-refractivity contribution is 5.78. The predicted molar refractivity (Wildman–Crippen MR) is 55.8 cm³/mol. The van der Waals surface area contributed by atoms with Gasteiger partial charge in [0.15, 0.2) is 0 Å². The zero-order valence-corrected chi connectivity index (χ0v) is 9.25. The molecule has 0 aromatic rings. The summed E-state index contributed by atoms with van der Waals surface area (Å²) in [6, 6.07) is 0. The Hall–Kier alpha value is -0.900. The molecule has 82 valence electrons. The molecule has 1 amide bonds. The number of primary amides is 1. The summed E-state index contributed by atoms with van der Waals surface area (Å²) in [5.74, 6) is -0.310. The molecule has 4 nitrogen and oxygen atoms in total. The van der Waals surface area contributed by atoms with Crippen LogP contribution in [0.25, 0.3) is 0 Å². The number of carbonyl (C=O) groups excluding carboxylic acids is 2. The first-order chi connectivity index (χ1) is 6.51. The van der Waals surface area contributed by atoms with E-state index in [-0.39, 0.29) is 17.6 Å². The summed E-state index contributed by atoms with van der Waals surface area (Å²) >= 11 is 0. The molecule has 0 aliphatic heterocycles. The molecule has 0 aliphatic rings. The number of rotatable bonds is 7. The molecular formula is C10H20N2O2. The van der Waals surface area contributed by atoms with Crippen LogP contribution in [0.1, 0.15) is 27.2 Å². The molecule has 14 heavy (non-hydrogen) atoms. The minimum absolute atomic E-state index is 0.117. The molecule has 0 aromatic heterocycles. The molecule has 0 spiro atoms. The topological polar surface area (TPSA) is 63.4 Å². The van der Waals surface area contributed by atoms with Crippen LogP contribution >= 0.6 is 0 Å². The van der Waals surface area contributed by atoms with E-state index in [1.807, 2.05) is 18.7 Å². The molecular weight excluding hydrogens is 180 g/mol. The fraction of sp³-hybridized carbons (Fsp3) is 0.800. The van der Waals surface area contributed by atoms with E-state index in [2.05, 4.69) is 0 Å². The number of ketones is 1. The van der Waals surface area contributed by atoms with Gasteiger partial charge in [0, 0.05) is 6.54 Å². The van der Waals surface area contributed by atoms with E-state index in [1.165, 1.54) is 0 Å². The summed E-state index contributed by atoms with van der Waals surface area (Å²) in [5.41, 5.74) is 5.23. The standard InChI is InChI=1S/C10H20N2O2/c1-4-9(10(11)14)7-12(5-2)6-8(3)13/h9H,4-7H2,1-3H3,(H2,11,14)/t9-/m1/s1. The number of nitrogens with zero attached hydrogens (tertiary/aromatic N) is 1. The molecule has 0 heterocycles. The summed E-state index contributed by atoms with van der Waals surface area (Å²) in [5, 5.41) is 0. The zero-order valence-electron chi connectivity index (χ0n) is 9.25. The van der Waals surface area contributed by atoms with Gasteiger partial charge in [-0.05, 0) is 19.9 Å². The zero-order chi connectivity index (χ0) is 11.1. The van der Waals surface area contributed by atoms with Gasteiger partial charge in [-0.1, -0.05) is 13.8 Å². The van der Waals surface area contributed by atoms with Crippen molar-refractivity contribution in [1.82, 2.24) is 4.90 Å². The Kier molecular flexibility index (Phi) is 6.12. The largest absolute Gasteiger partial charge is 0.369 e. The lowest BCUT2D eigenvalue weighted by Crippen LogP contribution is -2.38. The smallest absolute Gasteiger partial charge is 0.221 e. The summed E-state index contributed by atoms with van der Waals surface area (Å²) in [7, 11) is 0. The summed E-state index contributed by atoms with van der Waals surface area (Å²) in [6.45, 7) is 7.20. The van der Waals surface area contributed by atoms with Crippen LogP contribution in [0.4, 0.5) is 0 Å². The van der Waals surface area contributed by atoms with E-state index in [4.69, 9.17) is 5.73 Å². The Labute approximate surface area is 85.4 Å². The fourth-order valence-corrected chi connectivity index (χ4v) is 1.35. The Morgan fingerprint density at radius 1 is 1.36 bits per heavy atom. The molecule has 0 unspecified atom stereocenters. The fourth-order valence-electron chi connectivity index (χ4n) is 1.35. The lowest BCUT2D eigenvalue weighted by atomic mass is 10.1. The van der Waals surface area contributed by atoms with Crippen LogP contribution < -0.4 is 5.73 Å². The molecule has 0 rings (SSSR count). The molecule has 0 radical (unpaired) electrons. The molecule has 0 aromatic carbocycles. The molecule has 0 bridgehead atoms. The SMILES string of the molecule is CC[C@H](CN(CC)CC(C)=O)C(N)=O. The van der Waals surface area contributed by atoms with Crippen molar-refractivity contribution in [2.75, 3.05) is 19.6 Å². The Balaban J connectivity index is 4.13. The number of hydrogen-bond acceptors (Lipinski definition) is 3. The van der Waals surface area contributed by atoms with Gasteiger partial charge < -0.3 is 5.73 Å². The first kappa shape index (κ1) is 13.1. The van der Waals surface area contributed by atoms with Gasteiger partial charge in [0.2, 0.25) is 5.91 Å². The van der Waals surface area contributed by atoms with Gasteiger partial charge in [-0.2, -0.15) is 0 Å². The van der Waals surface area contributed by atoms with Gasteiger partial charge >= 0.3 is 0 Å². The van der Waals surface area contributed by atoms with Crippen molar-refractivity contribution in [1.29, 1.82) is 0 Å². The van der Waals surface area contributed by atoms with Crippen LogP contribution in [-0.2, 0) is 9.59 Å². The van der Waals surface area contributed by atoms with E-state index >= 15 is 0 Å². The highest BCUT2D eigenvalue weighted by atomic mass is 16.1. The van der Waals surface area contributed by atoms with E-state index in [0.717, 1.165) is 13.0 Å². The number of carbonyl (C=O) groups is 2. The average molecular weight is 200 g/mol. The van der Waals surface area contributed by atoms with Crippen molar-refractivity contribution < 1.29 is 9.59 Å². The molecule has 4 heteroatoms. The maximum atomic E-state index is 11.0. The summed E-state index contributed by atoms with van der Waals surface area (Å²) in [4.78, 5) is 23.8. The maximum Gasteiger partial charge on any atom is 0.221 e. The van der Waals surface area contributed by atoms with Crippen LogP contribution in [0.2, 0.25) is 0 Å². The first-order valence-electron chi connectivity index (χ1n) is 5.02. The first-order valence-corrected chi connectivity index (χ1v) is 5.02. The highest BCUT2D eigenvalue weighted by Crippen LogP contribution is 2.04. The Morgan fingerprint density at radius 3 is 2.21 bits per heavy atom. The van der Waals surface area contributed by atoms with Crippen molar-refractivity contribution in [3.05, 3.63) is 0 Å². The van der Waals surface area contributed by atoms with E-state index in [9.17, 15) is 9.59 Å². The van der Waals surface area contributed by atoms with Gasteiger partial charge in [-0.3, -0.25) is 14.5 Å². The van der Waals surface area contributed by atoms with E-state index < -0.39 is 0 Å². The molecule has 0 saturated carbocycles. The minimum Gasteiger partial charge on any atom is -0.369 e. The quantitative estimate of drug-likeness (QED) is 0.647. The molecule has 2 N–H and O–H groups in total. The second kappa shape index (κ2) is 6.54. The van der Waals surface area contributed by atoms with Crippen molar-refractivity contribution in [3.8, 4) is 0 Å². The van der Waals surface area contributed by atoms with Crippen LogP contribution in [0.5, 0.6) is 0 Å². The summed E-state index contributed by atoms with van der Waals surface area (Å²) in [6.07, 6.45) is 0.726. The number of hydrogen-bond donors (Lipinski definition) is 1. The van der Waals surface area contributed by atoms with Crippen molar-refractivity contribution in [2.24, 2.45) is 11.7 Å². The van der Waals surface area contributed by atoms with E-state index in [1.54, 1.807) is 6.92 Å².